The standard InChI is InChI=1S/C15H22N2O3/c1-10(2)11(3)16-15(20)17-13(14(18)19)9-12-7-5-4-6-8-12/h4-8,10-11,13H,9H2,1-3H3,(H,18,19)(H2,16,17,20)/t11?,13-/m1/s1. The molecular weight excluding hydrogens is 256 g/mol. The molecule has 0 aromatic heterocycles. The lowest BCUT2D eigenvalue weighted by molar-refractivity contribution is -0.139. The predicted octanol–water partition coefficient (Wildman–Crippen LogP) is 2.03. The summed E-state index contributed by atoms with van der Waals surface area (Å²) in [4.78, 5) is 23.0. The van der Waals surface area contributed by atoms with Crippen LogP contribution in [0.2, 0.25) is 0 Å². The van der Waals surface area contributed by atoms with E-state index in [0.717, 1.165) is 5.56 Å². The molecule has 0 fully saturated rings. The number of carboxylic acids is 1. The summed E-state index contributed by atoms with van der Waals surface area (Å²) in [5.41, 5.74) is 0.872. The van der Waals surface area contributed by atoms with Crippen LogP contribution in [0.3, 0.4) is 0 Å². The molecule has 20 heavy (non-hydrogen) atoms. The van der Waals surface area contributed by atoms with Gasteiger partial charge in [-0.1, -0.05) is 44.2 Å². The molecule has 1 aromatic rings. The average Bonchev–Trinajstić information content (AvgIpc) is 2.38. The van der Waals surface area contributed by atoms with Crippen molar-refractivity contribution >= 4 is 12.0 Å². The third kappa shape index (κ3) is 5.30. The lowest BCUT2D eigenvalue weighted by Crippen LogP contribution is -2.50. The summed E-state index contributed by atoms with van der Waals surface area (Å²) in [6.45, 7) is 5.87. The van der Waals surface area contributed by atoms with Crippen molar-refractivity contribution in [3.8, 4) is 0 Å². The minimum Gasteiger partial charge on any atom is -0.480 e. The van der Waals surface area contributed by atoms with Gasteiger partial charge in [0.1, 0.15) is 6.04 Å². The zero-order chi connectivity index (χ0) is 15.1. The number of carbonyl (C=O) groups excluding carboxylic acids is 1. The molecule has 0 saturated carbocycles. The van der Waals surface area contributed by atoms with Crippen LogP contribution in [0, 0.1) is 5.92 Å². The van der Waals surface area contributed by atoms with Gasteiger partial charge in [-0.25, -0.2) is 9.59 Å². The van der Waals surface area contributed by atoms with E-state index in [0.29, 0.717) is 0 Å². The van der Waals surface area contributed by atoms with Gasteiger partial charge in [-0.15, -0.1) is 0 Å². The molecule has 5 heteroatoms. The predicted molar refractivity (Wildman–Crippen MR) is 77.5 cm³/mol. The highest BCUT2D eigenvalue weighted by molar-refractivity contribution is 5.82. The van der Waals surface area contributed by atoms with E-state index in [2.05, 4.69) is 10.6 Å². The number of hydrogen-bond acceptors (Lipinski definition) is 2. The molecule has 1 unspecified atom stereocenters. The van der Waals surface area contributed by atoms with E-state index in [1.807, 2.05) is 51.1 Å². The summed E-state index contributed by atoms with van der Waals surface area (Å²) in [5, 5.41) is 14.4. The van der Waals surface area contributed by atoms with E-state index >= 15 is 0 Å². The van der Waals surface area contributed by atoms with Crippen LogP contribution in [0.5, 0.6) is 0 Å². The number of carboxylic acid groups (broad SMARTS) is 1. The molecule has 0 spiro atoms. The van der Waals surface area contributed by atoms with Crippen molar-refractivity contribution in [3.05, 3.63) is 35.9 Å². The summed E-state index contributed by atoms with van der Waals surface area (Å²) in [6.07, 6.45) is 0.264. The van der Waals surface area contributed by atoms with Crippen molar-refractivity contribution in [2.75, 3.05) is 0 Å². The van der Waals surface area contributed by atoms with Crippen molar-refractivity contribution in [1.29, 1.82) is 0 Å². The minimum atomic E-state index is -1.04. The maximum atomic E-state index is 11.8. The Hall–Kier alpha value is -2.04. The number of benzene rings is 1. The normalized spacial score (nSPS) is 13.6. The number of hydrogen-bond donors (Lipinski definition) is 3. The van der Waals surface area contributed by atoms with Crippen LogP contribution < -0.4 is 10.6 Å². The molecule has 0 saturated heterocycles. The lowest BCUT2D eigenvalue weighted by atomic mass is 10.1. The first-order valence-electron chi connectivity index (χ1n) is 6.74. The van der Waals surface area contributed by atoms with Gasteiger partial charge in [0, 0.05) is 12.5 Å². The first kappa shape index (κ1) is 16.0. The Morgan fingerprint density at radius 3 is 2.20 bits per heavy atom. The molecule has 0 aliphatic rings. The molecule has 3 N–H and O–H groups in total. The van der Waals surface area contributed by atoms with Crippen LogP contribution in [0.4, 0.5) is 4.79 Å². The topological polar surface area (TPSA) is 78.4 Å². The van der Waals surface area contributed by atoms with Gasteiger partial charge in [0.15, 0.2) is 0 Å². The number of carbonyl (C=O) groups is 2. The molecule has 2 amide bonds. The second-order valence-corrected chi connectivity index (χ2v) is 5.23. The maximum absolute atomic E-state index is 11.8. The van der Waals surface area contributed by atoms with E-state index in [1.54, 1.807) is 0 Å². The molecule has 1 rings (SSSR count). The fourth-order valence-corrected chi connectivity index (χ4v) is 1.62. The van der Waals surface area contributed by atoms with Crippen molar-refractivity contribution in [2.24, 2.45) is 5.92 Å². The molecule has 110 valence electrons. The number of urea groups is 1. The van der Waals surface area contributed by atoms with Crippen molar-refractivity contribution < 1.29 is 14.7 Å². The number of rotatable bonds is 6. The molecule has 0 heterocycles. The van der Waals surface area contributed by atoms with Gasteiger partial charge in [-0.2, -0.15) is 0 Å². The van der Waals surface area contributed by atoms with Crippen molar-refractivity contribution in [1.82, 2.24) is 10.6 Å². The van der Waals surface area contributed by atoms with Crippen LogP contribution in [-0.2, 0) is 11.2 Å². The Morgan fingerprint density at radius 1 is 1.10 bits per heavy atom. The fourth-order valence-electron chi connectivity index (χ4n) is 1.62. The van der Waals surface area contributed by atoms with Gasteiger partial charge < -0.3 is 15.7 Å². The van der Waals surface area contributed by atoms with E-state index in [9.17, 15) is 14.7 Å². The van der Waals surface area contributed by atoms with Crippen LogP contribution in [-0.4, -0.2) is 29.2 Å². The van der Waals surface area contributed by atoms with Gasteiger partial charge in [0.2, 0.25) is 0 Å². The largest absolute Gasteiger partial charge is 0.480 e. The van der Waals surface area contributed by atoms with E-state index < -0.39 is 18.0 Å². The van der Waals surface area contributed by atoms with Gasteiger partial charge in [0.25, 0.3) is 0 Å². The van der Waals surface area contributed by atoms with Gasteiger partial charge >= 0.3 is 12.0 Å². The Bertz CT molecular complexity index is 446. The molecule has 5 nitrogen and oxygen atoms in total. The van der Waals surface area contributed by atoms with Crippen molar-refractivity contribution in [2.45, 2.75) is 39.3 Å². The summed E-state index contributed by atoms with van der Waals surface area (Å²) in [5.74, 6) is -0.751. The van der Waals surface area contributed by atoms with Gasteiger partial charge in [-0.05, 0) is 18.4 Å². The lowest BCUT2D eigenvalue weighted by Gasteiger charge is -2.20. The van der Waals surface area contributed by atoms with E-state index in [-0.39, 0.29) is 18.4 Å². The highest BCUT2D eigenvalue weighted by Gasteiger charge is 2.21. The zero-order valence-corrected chi connectivity index (χ0v) is 12.1. The molecule has 0 bridgehead atoms. The Balaban J connectivity index is 2.59. The molecule has 0 radical (unpaired) electrons. The first-order chi connectivity index (χ1) is 9.40. The van der Waals surface area contributed by atoms with Crippen LogP contribution in [0.25, 0.3) is 0 Å². The maximum Gasteiger partial charge on any atom is 0.326 e. The monoisotopic (exact) mass is 278 g/mol. The summed E-state index contributed by atoms with van der Waals surface area (Å²) in [6, 6.07) is 7.83. The number of amides is 2. The highest BCUT2D eigenvalue weighted by atomic mass is 16.4. The van der Waals surface area contributed by atoms with E-state index in [4.69, 9.17) is 0 Å². The number of aliphatic carboxylic acids is 1. The Kier molecular flexibility index (Phi) is 6.03. The first-order valence-corrected chi connectivity index (χ1v) is 6.74. The Morgan fingerprint density at radius 2 is 1.70 bits per heavy atom. The summed E-state index contributed by atoms with van der Waals surface area (Å²) < 4.78 is 0. The second kappa shape index (κ2) is 7.53. The van der Waals surface area contributed by atoms with Crippen LogP contribution >= 0.6 is 0 Å². The third-order valence-corrected chi connectivity index (χ3v) is 3.24. The van der Waals surface area contributed by atoms with Crippen LogP contribution in [0.1, 0.15) is 26.3 Å². The molecule has 0 aliphatic carbocycles. The van der Waals surface area contributed by atoms with E-state index in [1.165, 1.54) is 0 Å². The zero-order valence-electron chi connectivity index (χ0n) is 12.1. The Labute approximate surface area is 119 Å². The molecular formula is C15H22N2O3. The number of nitrogens with one attached hydrogen (secondary N) is 2. The van der Waals surface area contributed by atoms with Crippen LogP contribution in [0.15, 0.2) is 30.3 Å². The molecule has 0 aliphatic heterocycles. The average molecular weight is 278 g/mol. The highest BCUT2D eigenvalue weighted by Crippen LogP contribution is 2.04. The fraction of sp³-hybridized carbons (Fsp3) is 0.467. The van der Waals surface area contributed by atoms with Gasteiger partial charge in [0.05, 0.1) is 0 Å². The van der Waals surface area contributed by atoms with Crippen molar-refractivity contribution in [3.63, 3.8) is 0 Å². The summed E-state index contributed by atoms with van der Waals surface area (Å²) >= 11 is 0. The molecule has 2 atom stereocenters. The molecule has 1 aromatic carbocycles. The second-order valence-electron chi connectivity index (χ2n) is 5.23. The summed E-state index contributed by atoms with van der Waals surface area (Å²) in [7, 11) is 0. The minimum absolute atomic E-state index is 0.0128. The smallest absolute Gasteiger partial charge is 0.326 e. The SMILES string of the molecule is CC(C)C(C)NC(=O)N[C@H](Cc1ccccc1)C(=O)O. The quantitative estimate of drug-likeness (QED) is 0.745. The van der Waals surface area contributed by atoms with Gasteiger partial charge in [-0.3, -0.25) is 0 Å². The third-order valence-electron chi connectivity index (χ3n) is 3.24.